The second kappa shape index (κ2) is 7.69. The van der Waals surface area contributed by atoms with E-state index in [2.05, 4.69) is 38.4 Å². The van der Waals surface area contributed by atoms with Crippen LogP contribution in [0.4, 0.5) is 0 Å². The van der Waals surface area contributed by atoms with E-state index >= 15 is 0 Å². The molecule has 1 amide bonds. The molecule has 7 nitrogen and oxygen atoms in total. The first-order valence-corrected chi connectivity index (χ1v) is 10.6. The van der Waals surface area contributed by atoms with Crippen LogP contribution < -0.4 is 5.32 Å². The molecule has 0 unspecified atom stereocenters. The van der Waals surface area contributed by atoms with Gasteiger partial charge in [-0.05, 0) is 44.4 Å². The zero-order valence-electron chi connectivity index (χ0n) is 16.0. The van der Waals surface area contributed by atoms with Crippen molar-refractivity contribution < 1.29 is 9.53 Å². The quantitative estimate of drug-likeness (QED) is 0.818. The predicted octanol–water partition coefficient (Wildman–Crippen LogP) is 2.03. The molecule has 2 aromatic rings. The highest BCUT2D eigenvalue weighted by atomic mass is 32.1. The molecule has 0 bridgehead atoms. The average Bonchev–Trinajstić information content (AvgIpc) is 3.30. The molecule has 2 aromatic heterocycles. The minimum absolute atomic E-state index is 0.0113. The molecule has 1 spiro atoms. The number of ether oxygens (including phenoxy) is 1. The third kappa shape index (κ3) is 3.79. The maximum atomic E-state index is 12.6. The maximum Gasteiger partial charge on any atom is 0.261 e. The van der Waals surface area contributed by atoms with Gasteiger partial charge >= 0.3 is 0 Å². The summed E-state index contributed by atoms with van der Waals surface area (Å²) in [7, 11) is 0. The van der Waals surface area contributed by atoms with Crippen molar-refractivity contribution in [2.45, 2.75) is 45.1 Å². The number of aryl methyl sites for hydroxylation is 1. The zero-order chi connectivity index (χ0) is 18.9. The Kier molecular flexibility index (Phi) is 5.29. The number of fused-ring (bicyclic) bond motifs is 2. The Morgan fingerprint density at radius 1 is 1.44 bits per heavy atom. The molecule has 146 valence electrons. The predicted molar refractivity (Wildman–Crippen MR) is 104 cm³/mol. The summed E-state index contributed by atoms with van der Waals surface area (Å²) >= 11 is 1.62. The number of aromatic nitrogens is 3. The fourth-order valence-electron chi connectivity index (χ4n) is 4.01. The molecule has 0 aromatic carbocycles. The van der Waals surface area contributed by atoms with E-state index in [-0.39, 0.29) is 11.5 Å². The lowest BCUT2D eigenvalue weighted by Crippen LogP contribution is -2.45. The Hall–Kier alpha value is -1.77. The number of H-pyrrole nitrogens is 1. The van der Waals surface area contributed by atoms with E-state index in [1.54, 1.807) is 11.3 Å². The van der Waals surface area contributed by atoms with E-state index in [0.29, 0.717) is 13.0 Å². The molecule has 0 radical (unpaired) electrons. The van der Waals surface area contributed by atoms with Crippen LogP contribution in [0.3, 0.4) is 0 Å². The average molecular weight is 390 g/mol. The normalized spacial score (nSPS) is 19.2. The minimum atomic E-state index is -0.182. The van der Waals surface area contributed by atoms with Gasteiger partial charge in [0.1, 0.15) is 11.4 Å². The zero-order valence-corrected chi connectivity index (χ0v) is 16.8. The van der Waals surface area contributed by atoms with Crippen LogP contribution in [0, 0.1) is 6.92 Å². The van der Waals surface area contributed by atoms with Gasteiger partial charge in [0.25, 0.3) is 5.91 Å². The second-order valence-electron chi connectivity index (χ2n) is 7.33. The summed E-state index contributed by atoms with van der Waals surface area (Å²) in [5.74, 6) is 1.51. The number of aromatic amines is 1. The standard InChI is InChI=1S/C19H27N5O2S/c1-3-24-9-6-19(7-10-24)17-14(5-11-26-19)12-15(27-17)18(25)20-8-4-16-21-13(2)22-23-16/h12H,3-11H2,1-2H3,(H,20,25)(H,21,22,23). The van der Waals surface area contributed by atoms with Crippen LogP contribution >= 0.6 is 11.3 Å². The Morgan fingerprint density at radius 3 is 2.96 bits per heavy atom. The first kappa shape index (κ1) is 18.6. The Morgan fingerprint density at radius 2 is 2.26 bits per heavy atom. The van der Waals surface area contributed by atoms with Gasteiger partial charge in [0.15, 0.2) is 5.82 Å². The van der Waals surface area contributed by atoms with Crippen molar-refractivity contribution in [3.63, 3.8) is 0 Å². The van der Waals surface area contributed by atoms with Crippen LogP contribution in [-0.2, 0) is 23.2 Å². The minimum Gasteiger partial charge on any atom is -0.369 e. The van der Waals surface area contributed by atoms with E-state index in [4.69, 9.17) is 4.74 Å². The molecule has 27 heavy (non-hydrogen) atoms. The number of nitrogens with one attached hydrogen (secondary N) is 2. The van der Waals surface area contributed by atoms with Gasteiger partial charge in [0, 0.05) is 30.9 Å². The van der Waals surface area contributed by atoms with Crippen LogP contribution in [0.15, 0.2) is 6.07 Å². The molecule has 2 aliphatic rings. The maximum absolute atomic E-state index is 12.6. The monoisotopic (exact) mass is 389 g/mol. The molecular formula is C19H27N5O2S. The molecule has 0 saturated carbocycles. The smallest absolute Gasteiger partial charge is 0.261 e. The number of amides is 1. The Labute approximate surface area is 163 Å². The van der Waals surface area contributed by atoms with Gasteiger partial charge in [-0.15, -0.1) is 11.3 Å². The van der Waals surface area contributed by atoms with Gasteiger partial charge in [-0.25, -0.2) is 4.98 Å². The number of thiophene rings is 1. The van der Waals surface area contributed by atoms with Crippen LogP contribution in [0.25, 0.3) is 0 Å². The van der Waals surface area contributed by atoms with E-state index in [9.17, 15) is 4.79 Å². The van der Waals surface area contributed by atoms with Crippen molar-refractivity contribution >= 4 is 17.2 Å². The Balaban J connectivity index is 1.42. The number of likely N-dealkylation sites (tertiary alicyclic amines) is 1. The number of piperidine rings is 1. The fraction of sp³-hybridized carbons (Fsp3) is 0.632. The lowest BCUT2D eigenvalue weighted by Gasteiger charge is -2.43. The van der Waals surface area contributed by atoms with E-state index in [0.717, 1.165) is 62.0 Å². The van der Waals surface area contributed by atoms with Gasteiger partial charge < -0.3 is 15.0 Å². The van der Waals surface area contributed by atoms with E-state index in [1.165, 1.54) is 10.4 Å². The highest BCUT2D eigenvalue weighted by molar-refractivity contribution is 7.14. The van der Waals surface area contributed by atoms with Gasteiger partial charge in [-0.3, -0.25) is 9.89 Å². The fourth-order valence-corrected chi connectivity index (χ4v) is 5.34. The summed E-state index contributed by atoms with van der Waals surface area (Å²) in [6.45, 7) is 8.57. The van der Waals surface area contributed by atoms with Crippen molar-refractivity contribution in [3.8, 4) is 0 Å². The first-order valence-electron chi connectivity index (χ1n) is 9.75. The van der Waals surface area contributed by atoms with Crippen molar-refractivity contribution in [1.82, 2.24) is 25.4 Å². The molecular weight excluding hydrogens is 362 g/mol. The molecule has 4 rings (SSSR count). The largest absolute Gasteiger partial charge is 0.369 e. The van der Waals surface area contributed by atoms with Crippen molar-refractivity contribution in [1.29, 1.82) is 0 Å². The lowest BCUT2D eigenvalue weighted by atomic mass is 9.85. The molecule has 1 fully saturated rings. The Bertz CT molecular complexity index is 807. The van der Waals surface area contributed by atoms with Crippen LogP contribution in [0.5, 0.6) is 0 Å². The van der Waals surface area contributed by atoms with Crippen LogP contribution in [0.1, 0.15) is 51.5 Å². The van der Waals surface area contributed by atoms with E-state index in [1.807, 2.05) is 6.92 Å². The van der Waals surface area contributed by atoms with E-state index < -0.39 is 0 Å². The van der Waals surface area contributed by atoms with Gasteiger partial charge in [-0.2, -0.15) is 5.10 Å². The number of carbonyl (C=O) groups is 1. The second-order valence-corrected chi connectivity index (χ2v) is 8.39. The summed E-state index contributed by atoms with van der Waals surface area (Å²) < 4.78 is 6.29. The first-order chi connectivity index (χ1) is 13.1. The van der Waals surface area contributed by atoms with Gasteiger partial charge in [-0.1, -0.05) is 6.92 Å². The highest BCUT2D eigenvalue weighted by Crippen LogP contribution is 2.45. The summed E-state index contributed by atoms with van der Waals surface area (Å²) in [4.78, 5) is 21.4. The molecule has 1 saturated heterocycles. The summed E-state index contributed by atoms with van der Waals surface area (Å²) in [5.41, 5.74) is 1.12. The summed E-state index contributed by atoms with van der Waals surface area (Å²) in [6, 6.07) is 2.07. The molecule has 0 atom stereocenters. The SMILES string of the molecule is CCN1CCC2(CC1)OCCc1cc(C(=O)NCCc3n[nH]c(C)n3)sc12. The molecule has 2 N–H and O–H groups in total. The molecule has 4 heterocycles. The highest BCUT2D eigenvalue weighted by Gasteiger charge is 2.42. The number of nitrogens with zero attached hydrogens (tertiary/aromatic N) is 3. The molecule has 0 aliphatic carbocycles. The van der Waals surface area contributed by atoms with Crippen molar-refractivity contribution in [2.24, 2.45) is 0 Å². The van der Waals surface area contributed by atoms with Crippen molar-refractivity contribution in [2.75, 3.05) is 32.8 Å². The van der Waals surface area contributed by atoms with Crippen LogP contribution in [-0.4, -0.2) is 58.8 Å². The summed E-state index contributed by atoms with van der Waals surface area (Å²) in [6.07, 6.45) is 3.55. The van der Waals surface area contributed by atoms with Crippen molar-refractivity contribution in [3.05, 3.63) is 33.0 Å². The number of rotatable bonds is 5. The van der Waals surface area contributed by atoms with Gasteiger partial charge in [0.05, 0.1) is 11.5 Å². The van der Waals surface area contributed by atoms with Crippen LogP contribution in [0.2, 0.25) is 0 Å². The lowest BCUT2D eigenvalue weighted by molar-refractivity contribution is -0.0944. The number of hydrogen-bond donors (Lipinski definition) is 2. The number of hydrogen-bond acceptors (Lipinski definition) is 6. The molecule has 8 heteroatoms. The molecule has 2 aliphatic heterocycles. The third-order valence-corrected chi connectivity index (χ3v) is 6.95. The topological polar surface area (TPSA) is 83.1 Å². The summed E-state index contributed by atoms with van der Waals surface area (Å²) in [5, 5.41) is 9.93. The van der Waals surface area contributed by atoms with Gasteiger partial charge in [0.2, 0.25) is 0 Å². The number of carbonyl (C=O) groups excluding carboxylic acids is 1. The third-order valence-electron chi connectivity index (χ3n) is 5.58.